The average Bonchev–Trinajstić information content (AvgIpc) is 1.86. The van der Waals surface area contributed by atoms with Crippen LogP contribution in [0.2, 0.25) is 0 Å². The minimum absolute atomic E-state index is 0.0694. The van der Waals surface area contributed by atoms with Crippen LogP contribution in [0, 0.1) is 0 Å². The van der Waals surface area contributed by atoms with Crippen molar-refractivity contribution in [1.82, 2.24) is 0 Å². The van der Waals surface area contributed by atoms with Gasteiger partial charge in [0, 0.05) is 12.1 Å². The maximum atomic E-state index is 5.80. The molecule has 0 spiro atoms. The molecule has 1 rings (SSSR count). The molecule has 0 aromatic carbocycles. The zero-order chi connectivity index (χ0) is 6.20. The van der Waals surface area contributed by atoms with Crippen LogP contribution in [0.1, 0.15) is 20.3 Å². The van der Waals surface area contributed by atoms with E-state index in [0.29, 0.717) is 0 Å². The molecule has 1 saturated heterocycles. The Balaban J connectivity index is 2.54. The van der Waals surface area contributed by atoms with Crippen LogP contribution in [-0.4, -0.2) is 18.2 Å². The largest absolute Gasteiger partial charge is 0.377 e. The lowest BCUT2D eigenvalue weighted by Gasteiger charge is -2.20. The van der Waals surface area contributed by atoms with Crippen LogP contribution in [0.5, 0.6) is 0 Å². The van der Waals surface area contributed by atoms with E-state index in [1.807, 2.05) is 13.8 Å². The lowest BCUT2D eigenvalue weighted by molar-refractivity contribution is 0.100. The molecule has 0 aromatic heterocycles. The fraction of sp³-hybridized carbons (Fsp3) is 1.00. The van der Waals surface area contributed by atoms with E-state index in [0.717, 1.165) is 13.0 Å². The molecule has 0 amide bonds. The highest BCUT2D eigenvalue weighted by atomic mass is 16.5. The van der Waals surface area contributed by atoms with Gasteiger partial charge in [-0.2, -0.15) is 0 Å². The monoisotopic (exact) mass is 115 g/mol. The normalized spacial score (nSPS) is 47.6. The fourth-order valence-electron chi connectivity index (χ4n) is 0.849. The number of rotatable bonds is 0. The first-order valence-electron chi connectivity index (χ1n) is 3.03. The molecule has 2 nitrogen and oxygen atoms in total. The summed E-state index contributed by atoms with van der Waals surface area (Å²) >= 11 is 0. The molecule has 0 radical (unpaired) electrons. The lowest BCUT2D eigenvalue weighted by atomic mass is 9.97. The minimum Gasteiger partial charge on any atom is -0.377 e. The van der Waals surface area contributed by atoms with Crippen LogP contribution in [0.3, 0.4) is 0 Å². The maximum absolute atomic E-state index is 5.80. The standard InChI is InChI=1S/C6H13NO/c1-5-6(2,7)3-4-8-5/h5H,3-4,7H2,1-2H3/t5-,6-/m0/s1. The van der Waals surface area contributed by atoms with Crippen molar-refractivity contribution in [3.8, 4) is 0 Å². The molecule has 0 saturated carbocycles. The Hall–Kier alpha value is -0.0800. The average molecular weight is 115 g/mol. The van der Waals surface area contributed by atoms with Gasteiger partial charge in [0.1, 0.15) is 0 Å². The molecule has 1 fully saturated rings. The van der Waals surface area contributed by atoms with Crippen molar-refractivity contribution in [2.24, 2.45) is 5.73 Å². The van der Waals surface area contributed by atoms with E-state index in [9.17, 15) is 0 Å². The van der Waals surface area contributed by atoms with Gasteiger partial charge < -0.3 is 10.5 Å². The Kier molecular flexibility index (Phi) is 1.29. The summed E-state index contributed by atoms with van der Waals surface area (Å²) in [4.78, 5) is 0. The van der Waals surface area contributed by atoms with Crippen molar-refractivity contribution >= 4 is 0 Å². The second kappa shape index (κ2) is 1.71. The summed E-state index contributed by atoms with van der Waals surface area (Å²) in [6, 6.07) is 0. The molecule has 1 heterocycles. The molecule has 2 N–H and O–H groups in total. The van der Waals surface area contributed by atoms with E-state index < -0.39 is 0 Å². The quantitative estimate of drug-likeness (QED) is 0.499. The van der Waals surface area contributed by atoms with Crippen LogP contribution in [0.15, 0.2) is 0 Å². The van der Waals surface area contributed by atoms with E-state index in [1.165, 1.54) is 0 Å². The Morgan fingerprint density at radius 2 is 2.38 bits per heavy atom. The molecular formula is C6H13NO. The number of ether oxygens (including phenoxy) is 1. The molecule has 2 heteroatoms. The molecule has 8 heavy (non-hydrogen) atoms. The van der Waals surface area contributed by atoms with Crippen molar-refractivity contribution in [2.45, 2.75) is 31.9 Å². The SMILES string of the molecule is C[C@@H]1OCC[C@]1(C)N. The van der Waals surface area contributed by atoms with E-state index in [1.54, 1.807) is 0 Å². The Bertz CT molecular complexity index is 90.5. The van der Waals surface area contributed by atoms with E-state index in [4.69, 9.17) is 10.5 Å². The summed E-state index contributed by atoms with van der Waals surface area (Å²) < 4.78 is 5.24. The van der Waals surface area contributed by atoms with Gasteiger partial charge in [-0.25, -0.2) is 0 Å². The second-order valence-corrected chi connectivity index (χ2v) is 2.77. The number of hydrogen-bond donors (Lipinski definition) is 1. The minimum atomic E-state index is -0.0694. The van der Waals surface area contributed by atoms with Gasteiger partial charge in [-0.3, -0.25) is 0 Å². The highest BCUT2D eigenvalue weighted by molar-refractivity contribution is 4.89. The summed E-state index contributed by atoms with van der Waals surface area (Å²) in [5.74, 6) is 0. The second-order valence-electron chi connectivity index (χ2n) is 2.77. The molecule has 0 aromatic rings. The van der Waals surface area contributed by atoms with E-state index in [-0.39, 0.29) is 11.6 Å². The summed E-state index contributed by atoms with van der Waals surface area (Å²) in [5.41, 5.74) is 5.73. The van der Waals surface area contributed by atoms with Gasteiger partial charge in [0.15, 0.2) is 0 Å². The zero-order valence-electron chi connectivity index (χ0n) is 5.48. The van der Waals surface area contributed by atoms with Crippen molar-refractivity contribution in [1.29, 1.82) is 0 Å². The highest BCUT2D eigenvalue weighted by Crippen LogP contribution is 2.21. The Morgan fingerprint density at radius 1 is 1.75 bits per heavy atom. The smallest absolute Gasteiger partial charge is 0.0724 e. The van der Waals surface area contributed by atoms with Crippen molar-refractivity contribution in [3.63, 3.8) is 0 Å². The van der Waals surface area contributed by atoms with Gasteiger partial charge in [0.05, 0.1) is 6.10 Å². The van der Waals surface area contributed by atoms with Gasteiger partial charge in [0.25, 0.3) is 0 Å². The van der Waals surface area contributed by atoms with Gasteiger partial charge in [-0.1, -0.05) is 0 Å². The van der Waals surface area contributed by atoms with Gasteiger partial charge in [0.2, 0.25) is 0 Å². The van der Waals surface area contributed by atoms with Crippen molar-refractivity contribution < 1.29 is 4.74 Å². The number of hydrogen-bond acceptors (Lipinski definition) is 2. The third kappa shape index (κ3) is 0.858. The van der Waals surface area contributed by atoms with Crippen LogP contribution >= 0.6 is 0 Å². The molecule has 1 aliphatic rings. The predicted octanol–water partition coefficient (Wildman–Crippen LogP) is 0.513. The molecule has 1 aliphatic heterocycles. The first-order chi connectivity index (χ1) is 3.63. The lowest BCUT2D eigenvalue weighted by Crippen LogP contribution is -2.42. The van der Waals surface area contributed by atoms with E-state index >= 15 is 0 Å². The summed E-state index contributed by atoms with van der Waals surface area (Å²) in [5, 5.41) is 0. The third-order valence-corrected chi connectivity index (χ3v) is 1.94. The van der Waals surface area contributed by atoms with Gasteiger partial charge in [-0.15, -0.1) is 0 Å². The van der Waals surface area contributed by atoms with Gasteiger partial charge >= 0.3 is 0 Å². The van der Waals surface area contributed by atoms with Crippen molar-refractivity contribution in [2.75, 3.05) is 6.61 Å². The fourth-order valence-corrected chi connectivity index (χ4v) is 0.849. The molecule has 0 aliphatic carbocycles. The van der Waals surface area contributed by atoms with E-state index in [2.05, 4.69) is 0 Å². The van der Waals surface area contributed by atoms with Gasteiger partial charge in [-0.05, 0) is 20.3 Å². The summed E-state index contributed by atoms with van der Waals surface area (Å²) in [6.45, 7) is 4.88. The summed E-state index contributed by atoms with van der Waals surface area (Å²) in [6.07, 6.45) is 1.23. The Labute approximate surface area is 50.0 Å². The zero-order valence-corrected chi connectivity index (χ0v) is 5.48. The van der Waals surface area contributed by atoms with Crippen LogP contribution in [-0.2, 0) is 4.74 Å². The number of nitrogens with two attached hydrogens (primary N) is 1. The molecule has 2 atom stereocenters. The first-order valence-corrected chi connectivity index (χ1v) is 3.03. The molecule has 0 unspecified atom stereocenters. The van der Waals surface area contributed by atoms with Crippen LogP contribution < -0.4 is 5.73 Å². The predicted molar refractivity (Wildman–Crippen MR) is 32.6 cm³/mol. The van der Waals surface area contributed by atoms with Crippen molar-refractivity contribution in [3.05, 3.63) is 0 Å². The topological polar surface area (TPSA) is 35.2 Å². The molecule has 0 bridgehead atoms. The molecular weight excluding hydrogens is 102 g/mol. The van der Waals surface area contributed by atoms with Crippen LogP contribution in [0.4, 0.5) is 0 Å². The Morgan fingerprint density at radius 3 is 2.50 bits per heavy atom. The molecule has 48 valence electrons. The first kappa shape index (κ1) is 6.05. The highest BCUT2D eigenvalue weighted by Gasteiger charge is 2.32. The maximum Gasteiger partial charge on any atom is 0.0724 e. The van der Waals surface area contributed by atoms with Crippen LogP contribution in [0.25, 0.3) is 0 Å². The third-order valence-electron chi connectivity index (χ3n) is 1.94. The summed E-state index contributed by atoms with van der Waals surface area (Å²) in [7, 11) is 0.